The van der Waals surface area contributed by atoms with Gasteiger partial charge in [0.25, 0.3) is 0 Å². The van der Waals surface area contributed by atoms with Gasteiger partial charge in [0.05, 0.1) is 22.2 Å². The molecule has 3 nitrogen and oxygen atoms in total. The summed E-state index contributed by atoms with van der Waals surface area (Å²) in [4.78, 5) is 16.6. The molecule has 78 valence electrons. The summed E-state index contributed by atoms with van der Waals surface area (Å²) in [5.41, 5.74) is -0.141. The first-order chi connectivity index (χ1) is 7.02. The molecular formula is C9H5F3N2O. The smallest absolute Gasteiger partial charge is 0.359 e. The number of aldehydes is 1. The van der Waals surface area contributed by atoms with Crippen LogP contribution in [-0.2, 0) is 6.18 Å². The van der Waals surface area contributed by atoms with Gasteiger partial charge in [-0.3, -0.25) is 9.78 Å². The fraction of sp³-hybridized carbons (Fsp3) is 0.111. The van der Waals surface area contributed by atoms with E-state index in [1.807, 2.05) is 0 Å². The maximum Gasteiger partial charge on any atom is 0.417 e. The number of carbonyl (C=O) groups excluding carboxylic acids is 1. The van der Waals surface area contributed by atoms with Crippen molar-refractivity contribution in [3.05, 3.63) is 29.6 Å². The zero-order valence-electron chi connectivity index (χ0n) is 7.30. The molecule has 0 aromatic carbocycles. The van der Waals surface area contributed by atoms with Crippen LogP contribution >= 0.6 is 0 Å². The molecule has 2 heterocycles. The van der Waals surface area contributed by atoms with Crippen molar-refractivity contribution in [2.45, 2.75) is 6.18 Å². The molecule has 2 rings (SSSR count). The molecular weight excluding hydrogens is 209 g/mol. The third-order valence-corrected chi connectivity index (χ3v) is 2.00. The second-order valence-corrected chi connectivity index (χ2v) is 2.98. The Bertz CT molecular complexity index is 516. The molecule has 0 fully saturated rings. The van der Waals surface area contributed by atoms with Gasteiger partial charge in [-0.05, 0) is 6.07 Å². The SMILES string of the molecule is O=Cc1c[nH]c2cc(C(F)(F)F)cnc12. The van der Waals surface area contributed by atoms with Crippen LogP contribution in [0, 0.1) is 0 Å². The highest BCUT2D eigenvalue weighted by Gasteiger charge is 2.31. The molecule has 0 bridgehead atoms. The fourth-order valence-corrected chi connectivity index (χ4v) is 1.27. The second-order valence-electron chi connectivity index (χ2n) is 2.98. The Morgan fingerprint density at radius 2 is 2.13 bits per heavy atom. The van der Waals surface area contributed by atoms with E-state index in [4.69, 9.17) is 0 Å². The van der Waals surface area contributed by atoms with Crippen LogP contribution in [0.1, 0.15) is 15.9 Å². The summed E-state index contributed by atoms with van der Waals surface area (Å²) in [6.07, 6.45) is -1.85. The maximum atomic E-state index is 12.3. The fourth-order valence-electron chi connectivity index (χ4n) is 1.27. The number of nitrogens with zero attached hydrogens (tertiary/aromatic N) is 1. The van der Waals surface area contributed by atoms with Crippen molar-refractivity contribution in [3.63, 3.8) is 0 Å². The molecule has 2 aromatic rings. The molecule has 15 heavy (non-hydrogen) atoms. The van der Waals surface area contributed by atoms with E-state index in [9.17, 15) is 18.0 Å². The molecule has 0 saturated carbocycles. The van der Waals surface area contributed by atoms with Gasteiger partial charge in [0.2, 0.25) is 0 Å². The number of aromatic amines is 1. The number of rotatable bonds is 1. The number of fused-ring (bicyclic) bond motifs is 1. The van der Waals surface area contributed by atoms with Gasteiger partial charge in [-0.15, -0.1) is 0 Å². The number of hydrogen-bond donors (Lipinski definition) is 1. The molecule has 6 heteroatoms. The van der Waals surface area contributed by atoms with Gasteiger partial charge in [0.1, 0.15) is 0 Å². The number of H-pyrrole nitrogens is 1. The van der Waals surface area contributed by atoms with E-state index in [1.165, 1.54) is 6.20 Å². The van der Waals surface area contributed by atoms with Gasteiger partial charge < -0.3 is 4.98 Å². The number of hydrogen-bond acceptors (Lipinski definition) is 2. The average Bonchev–Trinajstić information content (AvgIpc) is 2.58. The molecule has 0 radical (unpaired) electrons. The Labute approximate surface area is 81.9 Å². The van der Waals surface area contributed by atoms with E-state index in [2.05, 4.69) is 9.97 Å². The van der Waals surface area contributed by atoms with Crippen molar-refractivity contribution in [1.82, 2.24) is 9.97 Å². The van der Waals surface area contributed by atoms with Gasteiger partial charge >= 0.3 is 6.18 Å². The van der Waals surface area contributed by atoms with Crippen LogP contribution in [0.4, 0.5) is 13.2 Å². The van der Waals surface area contributed by atoms with Gasteiger partial charge in [-0.2, -0.15) is 13.2 Å². The largest absolute Gasteiger partial charge is 0.417 e. The number of pyridine rings is 1. The van der Waals surface area contributed by atoms with Gasteiger partial charge in [-0.1, -0.05) is 0 Å². The quantitative estimate of drug-likeness (QED) is 0.741. The third-order valence-electron chi connectivity index (χ3n) is 2.00. The van der Waals surface area contributed by atoms with Gasteiger partial charge in [0.15, 0.2) is 6.29 Å². The number of alkyl halides is 3. The predicted molar refractivity (Wildman–Crippen MR) is 46.5 cm³/mol. The Morgan fingerprint density at radius 3 is 2.73 bits per heavy atom. The van der Waals surface area contributed by atoms with E-state index in [0.717, 1.165) is 6.07 Å². The first kappa shape index (κ1) is 9.70. The molecule has 1 N–H and O–H groups in total. The molecule has 2 aromatic heterocycles. The number of halogens is 3. The van der Waals surface area contributed by atoms with E-state index in [-0.39, 0.29) is 16.6 Å². The molecule has 0 aliphatic carbocycles. The predicted octanol–water partition coefficient (Wildman–Crippen LogP) is 2.39. The molecule has 0 amide bonds. The van der Waals surface area contributed by atoms with Crippen LogP contribution in [0.2, 0.25) is 0 Å². The number of aromatic nitrogens is 2. The van der Waals surface area contributed by atoms with Crippen LogP contribution < -0.4 is 0 Å². The summed E-state index contributed by atoms with van der Waals surface area (Å²) >= 11 is 0. The van der Waals surface area contributed by atoms with Crippen LogP contribution in [0.3, 0.4) is 0 Å². The van der Waals surface area contributed by atoms with E-state index in [1.54, 1.807) is 0 Å². The van der Waals surface area contributed by atoms with E-state index < -0.39 is 11.7 Å². The summed E-state index contributed by atoms with van der Waals surface area (Å²) < 4.78 is 36.8. The van der Waals surface area contributed by atoms with Gasteiger partial charge in [0, 0.05) is 12.4 Å². The van der Waals surface area contributed by atoms with Crippen LogP contribution in [0.15, 0.2) is 18.5 Å². The summed E-state index contributed by atoms with van der Waals surface area (Å²) in [6, 6.07) is 0.926. The van der Waals surface area contributed by atoms with Crippen LogP contribution in [-0.4, -0.2) is 16.3 Å². The lowest BCUT2D eigenvalue weighted by atomic mass is 10.2. The van der Waals surface area contributed by atoms with Gasteiger partial charge in [-0.25, -0.2) is 0 Å². The highest BCUT2D eigenvalue weighted by atomic mass is 19.4. The Balaban J connectivity index is 2.63. The lowest BCUT2D eigenvalue weighted by Crippen LogP contribution is -2.05. The van der Waals surface area contributed by atoms with Crippen LogP contribution in [0.25, 0.3) is 11.0 Å². The highest BCUT2D eigenvalue weighted by molar-refractivity contribution is 5.94. The van der Waals surface area contributed by atoms with Crippen molar-refractivity contribution in [3.8, 4) is 0 Å². The van der Waals surface area contributed by atoms with Crippen molar-refractivity contribution < 1.29 is 18.0 Å². The minimum Gasteiger partial charge on any atom is -0.359 e. The molecule has 0 atom stereocenters. The highest BCUT2D eigenvalue weighted by Crippen LogP contribution is 2.30. The minimum absolute atomic E-state index is 0.201. The topological polar surface area (TPSA) is 45.8 Å². The van der Waals surface area contributed by atoms with Crippen molar-refractivity contribution in [2.75, 3.05) is 0 Å². The molecule has 0 saturated heterocycles. The summed E-state index contributed by atoms with van der Waals surface area (Å²) in [6.45, 7) is 0. The monoisotopic (exact) mass is 214 g/mol. The first-order valence-electron chi connectivity index (χ1n) is 4.02. The van der Waals surface area contributed by atoms with E-state index in [0.29, 0.717) is 12.5 Å². The summed E-state index contributed by atoms with van der Waals surface area (Å²) in [5.74, 6) is 0. The normalized spacial score (nSPS) is 11.9. The molecule has 0 spiro atoms. The summed E-state index contributed by atoms with van der Waals surface area (Å²) in [7, 11) is 0. The average molecular weight is 214 g/mol. The zero-order chi connectivity index (χ0) is 11.1. The Kier molecular flexibility index (Phi) is 1.99. The lowest BCUT2D eigenvalue weighted by molar-refractivity contribution is -0.137. The van der Waals surface area contributed by atoms with Crippen LogP contribution in [0.5, 0.6) is 0 Å². The molecule has 0 aliphatic rings. The number of nitrogens with one attached hydrogen (secondary N) is 1. The van der Waals surface area contributed by atoms with Crippen molar-refractivity contribution in [2.24, 2.45) is 0 Å². The zero-order valence-corrected chi connectivity index (χ0v) is 7.30. The van der Waals surface area contributed by atoms with Crippen molar-refractivity contribution in [1.29, 1.82) is 0 Å². The summed E-state index contributed by atoms with van der Waals surface area (Å²) in [5, 5.41) is 0. The van der Waals surface area contributed by atoms with Crippen molar-refractivity contribution >= 4 is 17.3 Å². The minimum atomic E-state index is -4.42. The third kappa shape index (κ3) is 1.58. The first-order valence-corrected chi connectivity index (χ1v) is 4.02. The number of carbonyl (C=O) groups is 1. The standard InChI is InChI=1S/C9H5F3N2O/c10-9(11,12)6-1-7-8(14-3-6)5(4-15)2-13-7/h1-4,13H. The Morgan fingerprint density at radius 1 is 1.40 bits per heavy atom. The maximum absolute atomic E-state index is 12.3. The second kappa shape index (κ2) is 3.08. The molecule has 0 aliphatic heterocycles. The lowest BCUT2D eigenvalue weighted by Gasteiger charge is -2.04. The van der Waals surface area contributed by atoms with E-state index >= 15 is 0 Å². The Hall–Kier alpha value is -1.85. The molecule has 0 unspecified atom stereocenters.